The summed E-state index contributed by atoms with van der Waals surface area (Å²) in [6.07, 6.45) is 0.674. The van der Waals surface area contributed by atoms with Gasteiger partial charge in [0.25, 0.3) is 0 Å². The van der Waals surface area contributed by atoms with Gasteiger partial charge in [-0.2, -0.15) is 0 Å². The van der Waals surface area contributed by atoms with E-state index in [0.717, 1.165) is 10.0 Å². The molecule has 1 unspecified atom stereocenters. The molecule has 6 heteroatoms. The number of aliphatic carboxylic acids is 1. The van der Waals surface area contributed by atoms with Crippen LogP contribution in [0.15, 0.2) is 22.7 Å². The molecule has 5 nitrogen and oxygen atoms in total. The number of amides is 2. The van der Waals surface area contributed by atoms with Crippen LogP contribution in [0.3, 0.4) is 0 Å². The van der Waals surface area contributed by atoms with Crippen molar-refractivity contribution in [2.75, 3.05) is 5.32 Å². The molecule has 0 aromatic heterocycles. The highest BCUT2D eigenvalue weighted by Gasteiger charge is 2.25. The number of benzene rings is 1. The van der Waals surface area contributed by atoms with Crippen molar-refractivity contribution in [1.29, 1.82) is 0 Å². The number of carbonyl (C=O) groups excluding carboxylic acids is 1. The highest BCUT2D eigenvalue weighted by atomic mass is 79.9. The number of carbonyl (C=O) groups is 2. The van der Waals surface area contributed by atoms with Crippen LogP contribution in [-0.2, 0) is 4.79 Å². The summed E-state index contributed by atoms with van der Waals surface area (Å²) >= 11 is 3.33. The third kappa shape index (κ3) is 4.52. The highest BCUT2D eigenvalue weighted by molar-refractivity contribution is 9.10. The molecule has 1 aromatic rings. The molecule has 2 amide bonds. The van der Waals surface area contributed by atoms with Crippen LogP contribution in [0.1, 0.15) is 25.8 Å². The first kappa shape index (κ1) is 16.5. The number of rotatable bonds is 5. The monoisotopic (exact) mass is 342 g/mol. The van der Waals surface area contributed by atoms with E-state index in [1.165, 1.54) is 0 Å². The summed E-state index contributed by atoms with van der Waals surface area (Å²) in [6, 6.07) is 4.10. The minimum absolute atomic E-state index is 0.137. The van der Waals surface area contributed by atoms with Crippen LogP contribution in [0.5, 0.6) is 0 Å². The van der Waals surface area contributed by atoms with Gasteiger partial charge in [0.15, 0.2) is 0 Å². The summed E-state index contributed by atoms with van der Waals surface area (Å²) in [5.74, 6) is -1.16. The second-order valence-electron chi connectivity index (χ2n) is 4.76. The third-order valence-electron chi connectivity index (χ3n) is 3.21. The molecule has 3 N–H and O–H groups in total. The van der Waals surface area contributed by atoms with Crippen molar-refractivity contribution in [2.24, 2.45) is 5.92 Å². The van der Waals surface area contributed by atoms with Gasteiger partial charge in [0, 0.05) is 10.2 Å². The molecule has 0 saturated heterocycles. The van der Waals surface area contributed by atoms with E-state index in [0.29, 0.717) is 12.1 Å². The smallest absolute Gasteiger partial charge is 0.326 e. The zero-order chi connectivity index (χ0) is 15.3. The maximum atomic E-state index is 11.9. The lowest BCUT2D eigenvalue weighted by atomic mass is 9.99. The number of carboxylic acid groups (broad SMARTS) is 1. The van der Waals surface area contributed by atoms with Crippen LogP contribution < -0.4 is 10.6 Å². The van der Waals surface area contributed by atoms with Crippen molar-refractivity contribution >= 4 is 33.6 Å². The maximum Gasteiger partial charge on any atom is 0.326 e. The van der Waals surface area contributed by atoms with Crippen molar-refractivity contribution in [3.63, 3.8) is 0 Å². The van der Waals surface area contributed by atoms with Crippen molar-refractivity contribution in [3.05, 3.63) is 28.2 Å². The van der Waals surface area contributed by atoms with Gasteiger partial charge in [0.1, 0.15) is 6.04 Å². The SMILES string of the molecule is CCC(C)[C@H](NC(=O)Nc1cc(Br)ccc1C)C(=O)O. The van der Waals surface area contributed by atoms with Gasteiger partial charge >= 0.3 is 12.0 Å². The van der Waals surface area contributed by atoms with Crippen LogP contribution in [-0.4, -0.2) is 23.1 Å². The predicted octanol–water partition coefficient (Wildman–Crippen LogP) is 3.38. The highest BCUT2D eigenvalue weighted by Crippen LogP contribution is 2.20. The molecule has 0 spiro atoms. The van der Waals surface area contributed by atoms with Gasteiger partial charge in [0.05, 0.1) is 0 Å². The quantitative estimate of drug-likeness (QED) is 0.767. The fraction of sp³-hybridized carbons (Fsp3) is 0.429. The molecule has 0 aliphatic carbocycles. The summed E-state index contributed by atoms with van der Waals surface area (Å²) < 4.78 is 0.843. The van der Waals surface area contributed by atoms with Gasteiger partial charge in [-0.15, -0.1) is 0 Å². The summed E-state index contributed by atoms with van der Waals surface area (Å²) in [6.45, 7) is 5.55. The van der Waals surface area contributed by atoms with E-state index in [1.807, 2.05) is 26.0 Å². The Hall–Kier alpha value is -1.56. The maximum absolute atomic E-state index is 11.9. The number of urea groups is 1. The minimum Gasteiger partial charge on any atom is -0.480 e. The van der Waals surface area contributed by atoms with Gasteiger partial charge in [-0.05, 0) is 30.5 Å². The Morgan fingerprint density at radius 1 is 1.40 bits per heavy atom. The molecule has 2 atom stereocenters. The molecule has 0 saturated carbocycles. The lowest BCUT2D eigenvalue weighted by Crippen LogP contribution is -2.46. The number of hydrogen-bond donors (Lipinski definition) is 3. The van der Waals surface area contributed by atoms with E-state index in [9.17, 15) is 9.59 Å². The van der Waals surface area contributed by atoms with Gasteiger partial charge in [-0.3, -0.25) is 0 Å². The summed E-state index contributed by atoms with van der Waals surface area (Å²) in [7, 11) is 0. The van der Waals surface area contributed by atoms with Crippen LogP contribution in [0.2, 0.25) is 0 Å². The molecular formula is C14H19BrN2O3. The number of halogens is 1. The number of hydrogen-bond acceptors (Lipinski definition) is 2. The van der Waals surface area contributed by atoms with Crippen molar-refractivity contribution in [1.82, 2.24) is 5.32 Å². The average molecular weight is 343 g/mol. The first-order valence-electron chi connectivity index (χ1n) is 6.41. The Morgan fingerprint density at radius 3 is 2.60 bits per heavy atom. The van der Waals surface area contributed by atoms with E-state index >= 15 is 0 Å². The van der Waals surface area contributed by atoms with Gasteiger partial charge in [-0.25, -0.2) is 9.59 Å². The van der Waals surface area contributed by atoms with Gasteiger partial charge in [0.2, 0.25) is 0 Å². The molecule has 1 aromatic carbocycles. The van der Waals surface area contributed by atoms with Crippen molar-refractivity contribution < 1.29 is 14.7 Å². The van der Waals surface area contributed by atoms with E-state index in [2.05, 4.69) is 26.6 Å². The molecule has 20 heavy (non-hydrogen) atoms. The first-order chi connectivity index (χ1) is 9.35. The Kier molecular flexibility index (Phi) is 6.01. The third-order valence-corrected chi connectivity index (χ3v) is 3.71. The predicted molar refractivity (Wildman–Crippen MR) is 81.9 cm³/mol. The normalized spacial score (nSPS) is 13.4. The summed E-state index contributed by atoms with van der Waals surface area (Å²) in [5, 5.41) is 14.3. The largest absolute Gasteiger partial charge is 0.480 e. The van der Waals surface area contributed by atoms with E-state index < -0.39 is 18.0 Å². The second kappa shape index (κ2) is 7.28. The molecular weight excluding hydrogens is 324 g/mol. The number of nitrogens with one attached hydrogen (secondary N) is 2. The lowest BCUT2D eigenvalue weighted by molar-refractivity contribution is -0.140. The fourth-order valence-corrected chi connectivity index (χ4v) is 2.07. The van der Waals surface area contributed by atoms with Gasteiger partial charge in [-0.1, -0.05) is 42.3 Å². The molecule has 0 aliphatic heterocycles. The van der Waals surface area contributed by atoms with Crippen LogP contribution in [0.4, 0.5) is 10.5 Å². The fourth-order valence-electron chi connectivity index (χ4n) is 1.71. The molecule has 1 rings (SSSR count). The molecule has 0 heterocycles. The molecule has 0 radical (unpaired) electrons. The summed E-state index contributed by atoms with van der Waals surface area (Å²) in [4.78, 5) is 23.1. The van der Waals surface area contributed by atoms with E-state index in [-0.39, 0.29) is 5.92 Å². The molecule has 110 valence electrons. The summed E-state index contributed by atoms with van der Waals surface area (Å²) in [5.41, 5.74) is 1.55. The standard InChI is InChI=1S/C14H19BrN2O3/c1-4-8(2)12(13(18)19)17-14(20)16-11-7-10(15)6-5-9(11)3/h5-8,12H,4H2,1-3H3,(H,18,19)(H2,16,17,20)/t8?,12-/m0/s1. The van der Waals surface area contributed by atoms with Gasteiger partial charge < -0.3 is 15.7 Å². The second-order valence-corrected chi connectivity index (χ2v) is 5.67. The van der Waals surface area contributed by atoms with E-state index in [4.69, 9.17) is 5.11 Å². The topological polar surface area (TPSA) is 78.4 Å². The number of carboxylic acids is 1. The minimum atomic E-state index is -1.03. The Morgan fingerprint density at radius 2 is 2.05 bits per heavy atom. The zero-order valence-electron chi connectivity index (χ0n) is 11.7. The van der Waals surface area contributed by atoms with E-state index in [1.54, 1.807) is 13.0 Å². The molecule has 0 fully saturated rings. The van der Waals surface area contributed by atoms with Crippen LogP contribution >= 0.6 is 15.9 Å². The molecule has 0 bridgehead atoms. The average Bonchev–Trinajstić information content (AvgIpc) is 2.39. The van der Waals surface area contributed by atoms with Crippen molar-refractivity contribution in [3.8, 4) is 0 Å². The lowest BCUT2D eigenvalue weighted by Gasteiger charge is -2.20. The Bertz CT molecular complexity index is 505. The van der Waals surface area contributed by atoms with Crippen molar-refractivity contribution in [2.45, 2.75) is 33.2 Å². The Balaban J connectivity index is 2.75. The molecule has 0 aliphatic rings. The Labute approximate surface area is 126 Å². The van der Waals surface area contributed by atoms with Crippen LogP contribution in [0, 0.1) is 12.8 Å². The number of aryl methyl sites for hydroxylation is 1. The zero-order valence-corrected chi connectivity index (χ0v) is 13.3. The van der Waals surface area contributed by atoms with Crippen LogP contribution in [0.25, 0.3) is 0 Å². The first-order valence-corrected chi connectivity index (χ1v) is 7.21. The number of anilines is 1.